The van der Waals surface area contributed by atoms with Crippen molar-refractivity contribution in [3.63, 3.8) is 0 Å². The van der Waals surface area contributed by atoms with Gasteiger partial charge in [-0.1, -0.05) is 45.3 Å². The molecule has 0 aromatic heterocycles. The Hall–Kier alpha value is -0.0100. The Balaban J connectivity index is 1.89. The minimum atomic E-state index is 0.251. The fourth-order valence-corrected chi connectivity index (χ4v) is 5.87. The van der Waals surface area contributed by atoms with Crippen LogP contribution in [0, 0.1) is 35.5 Å². The highest BCUT2D eigenvalue weighted by Gasteiger charge is 2.34. The first-order valence-electron chi connectivity index (χ1n) is 10.8. The summed E-state index contributed by atoms with van der Waals surface area (Å²) in [5.74, 6) is 5.32. The number of allylic oxidation sites excluding steroid dienone is 1. The Morgan fingerprint density at radius 2 is 1.65 bits per heavy atom. The molecule has 0 heterocycles. The molecule has 2 fully saturated rings. The lowest BCUT2D eigenvalue weighted by Gasteiger charge is -2.38. The van der Waals surface area contributed by atoms with Gasteiger partial charge in [0.05, 0.1) is 0 Å². The molecule has 2 aliphatic carbocycles. The van der Waals surface area contributed by atoms with E-state index in [1.54, 1.807) is 0 Å². The Morgan fingerprint density at radius 1 is 0.923 bits per heavy atom. The van der Waals surface area contributed by atoms with Crippen LogP contribution >= 0.6 is 23.2 Å². The maximum atomic E-state index is 12.4. The van der Waals surface area contributed by atoms with Crippen LogP contribution in [-0.4, -0.2) is 17.5 Å². The van der Waals surface area contributed by atoms with E-state index in [0.717, 1.165) is 30.6 Å². The lowest BCUT2D eigenvalue weighted by molar-refractivity contribution is -0.125. The fraction of sp³-hybridized carbons (Fsp3) is 0.870. The average Bonchev–Trinajstić information content (AvgIpc) is 2.62. The van der Waals surface area contributed by atoms with Crippen molar-refractivity contribution in [2.45, 2.75) is 78.1 Å². The second kappa shape index (κ2) is 11.1. The summed E-state index contributed by atoms with van der Waals surface area (Å²) < 4.78 is 0. The summed E-state index contributed by atoms with van der Waals surface area (Å²) in [7, 11) is 0. The molecule has 3 heteroatoms. The van der Waals surface area contributed by atoms with Gasteiger partial charge in [-0.3, -0.25) is 4.79 Å². The average molecular weight is 401 g/mol. The molecule has 0 aromatic carbocycles. The molecule has 0 bridgehead atoms. The predicted octanol–water partition coefficient (Wildman–Crippen LogP) is 7.25. The first-order valence-corrected chi connectivity index (χ1v) is 11.8. The molecular formula is C23H38Cl2O. The van der Waals surface area contributed by atoms with Crippen LogP contribution in [0.3, 0.4) is 0 Å². The van der Waals surface area contributed by atoms with E-state index in [1.807, 2.05) is 0 Å². The number of hydrogen-bond acceptors (Lipinski definition) is 1. The smallest absolute Gasteiger partial charge is 0.137 e. The van der Waals surface area contributed by atoms with Crippen molar-refractivity contribution in [2.75, 3.05) is 11.8 Å². The zero-order valence-electron chi connectivity index (χ0n) is 16.8. The number of rotatable bonds is 9. The molecule has 0 saturated heterocycles. The second-order valence-electron chi connectivity index (χ2n) is 9.13. The highest BCUT2D eigenvalue weighted by Crippen LogP contribution is 2.43. The largest absolute Gasteiger partial charge is 0.299 e. The van der Waals surface area contributed by atoms with Crippen LogP contribution in [-0.2, 0) is 4.79 Å². The molecule has 150 valence electrons. The number of alkyl halides is 2. The third-order valence-electron chi connectivity index (χ3n) is 7.20. The van der Waals surface area contributed by atoms with Crippen LogP contribution in [0.4, 0.5) is 0 Å². The molecule has 0 spiro atoms. The van der Waals surface area contributed by atoms with Crippen LogP contribution in [0.5, 0.6) is 0 Å². The Labute approximate surface area is 171 Å². The van der Waals surface area contributed by atoms with E-state index in [0.29, 0.717) is 35.8 Å². The highest BCUT2D eigenvalue weighted by atomic mass is 35.5. The SMILES string of the molecule is C=C(CCCl)C1CC(C)CCC1CCC1CCC(C)C(C(=O)CCCl)C1. The van der Waals surface area contributed by atoms with E-state index < -0.39 is 0 Å². The summed E-state index contributed by atoms with van der Waals surface area (Å²) in [6, 6.07) is 0. The standard InChI is InChI=1S/C23H38Cl2O/c1-16-4-8-20(21(14-16)18(3)10-12-24)9-7-19-6-5-17(2)22(15-19)23(26)11-13-25/h16-17,19-22H,3-15H2,1-2H3. The minimum Gasteiger partial charge on any atom is -0.299 e. The molecule has 2 aliphatic rings. The van der Waals surface area contributed by atoms with Gasteiger partial charge in [-0.2, -0.15) is 0 Å². The quantitative estimate of drug-likeness (QED) is 0.294. The maximum absolute atomic E-state index is 12.4. The lowest BCUT2D eigenvalue weighted by atomic mass is 9.67. The van der Waals surface area contributed by atoms with Gasteiger partial charge in [-0.15, -0.1) is 23.2 Å². The fourth-order valence-electron chi connectivity index (χ4n) is 5.44. The maximum Gasteiger partial charge on any atom is 0.137 e. The van der Waals surface area contributed by atoms with E-state index >= 15 is 0 Å². The van der Waals surface area contributed by atoms with E-state index in [2.05, 4.69) is 20.4 Å². The van der Waals surface area contributed by atoms with Crippen LogP contribution in [0.2, 0.25) is 0 Å². The van der Waals surface area contributed by atoms with Crippen LogP contribution < -0.4 is 0 Å². The summed E-state index contributed by atoms with van der Waals surface area (Å²) in [6.45, 7) is 9.01. The summed E-state index contributed by atoms with van der Waals surface area (Å²) in [6.07, 6.45) is 11.7. The van der Waals surface area contributed by atoms with Gasteiger partial charge in [0.25, 0.3) is 0 Å². The monoisotopic (exact) mass is 400 g/mol. The predicted molar refractivity (Wildman–Crippen MR) is 114 cm³/mol. The van der Waals surface area contributed by atoms with Crippen molar-refractivity contribution in [3.8, 4) is 0 Å². The van der Waals surface area contributed by atoms with Crippen LogP contribution in [0.1, 0.15) is 78.1 Å². The topological polar surface area (TPSA) is 17.1 Å². The number of carbonyl (C=O) groups excluding carboxylic acids is 1. The van der Waals surface area contributed by atoms with Crippen LogP contribution in [0.25, 0.3) is 0 Å². The van der Waals surface area contributed by atoms with Crippen LogP contribution in [0.15, 0.2) is 12.2 Å². The van der Waals surface area contributed by atoms with Crippen molar-refractivity contribution in [2.24, 2.45) is 35.5 Å². The van der Waals surface area contributed by atoms with Gasteiger partial charge in [0.15, 0.2) is 0 Å². The number of halogens is 2. The molecule has 0 amide bonds. The number of carbonyl (C=O) groups is 1. The van der Waals surface area contributed by atoms with Crippen molar-refractivity contribution in [1.82, 2.24) is 0 Å². The van der Waals surface area contributed by atoms with E-state index in [-0.39, 0.29) is 5.92 Å². The summed E-state index contributed by atoms with van der Waals surface area (Å²) >= 11 is 11.8. The van der Waals surface area contributed by atoms with E-state index in [1.165, 1.54) is 50.5 Å². The van der Waals surface area contributed by atoms with Gasteiger partial charge >= 0.3 is 0 Å². The molecule has 6 atom stereocenters. The molecule has 2 saturated carbocycles. The normalized spacial score (nSPS) is 35.2. The van der Waals surface area contributed by atoms with Gasteiger partial charge in [-0.05, 0) is 68.1 Å². The molecule has 0 N–H and O–H groups in total. The summed E-state index contributed by atoms with van der Waals surface area (Å²) in [5.41, 5.74) is 1.38. The zero-order chi connectivity index (χ0) is 19.1. The van der Waals surface area contributed by atoms with E-state index in [9.17, 15) is 4.79 Å². The molecule has 0 aliphatic heterocycles. The molecule has 1 nitrogen and oxygen atoms in total. The molecule has 0 radical (unpaired) electrons. The lowest BCUT2D eigenvalue weighted by Crippen LogP contribution is -2.31. The number of ketones is 1. The summed E-state index contributed by atoms with van der Waals surface area (Å²) in [5, 5.41) is 0. The molecule has 0 aromatic rings. The second-order valence-corrected chi connectivity index (χ2v) is 9.88. The molecular weight excluding hydrogens is 363 g/mol. The third kappa shape index (κ3) is 6.26. The first kappa shape index (κ1) is 22.3. The van der Waals surface area contributed by atoms with Crippen molar-refractivity contribution < 1.29 is 4.79 Å². The molecule has 6 unspecified atom stereocenters. The summed E-state index contributed by atoms with van der Waals surface area (Å²) in [4.78, 5) is 12.4. The molecule has 2 rings (SSSR count). The van der Waals surface area contributed by atoms with Gasteiger partial charge in [0, 0.05) is 24.1 Å². The van der Waals surface area contributed by atoms with Crippen molar-refractivity contribution >= 4 is 29.0 Å². The zero-order valence-corrected chi connectivity index (χ0v) is 18.3. The molecule has 26 heavy (non-hydrogen) atoms. The van der Waals surface area contributed by atoms with Gasteiger partial charge in [0.1, 0.15) is 5.78 Å². The highest BCUT2D eigenvalue weighted by molar-refractivity contribution is 6.19. The Kier molecular flexibility index (Phi) is 9.52. The Morgan fingerprint density at radius 3 is 2.35 bits per heavy atom. The first-order chi connectivity index (χ1) is 12.5. The van der Waals surface area contributed by atoms with Gasteiger partial charge in [-0.25, -0.2) is 0 Å². The van der Waals surface area contributed by atoms with Gasteiger partial charge < -0.3 is 0 Å². The number of hydrogen-bond donors (Lipinski definition) is 0. The van der Waals surface area contributed by atoms with E-state index in [4.69, 9.17) is 23.2 Å². The Bertz CT molecular complexity index is 461. The van der Waals surface area contributed by atoms with Gasteiger partial charge in [0.2, 0.25) is 0 Å². The van der Waals surface area contributed by atoms with Crippen molar-refractivity contribution in [3.05, 3.63) is 12.2 Å². The number of Topliss-reactive ketones (excluding diaryl/α,β-unsaturated/α-hetero) is 1. The third-order valence-corrected chi connectivity index (χ3v) is 7.58. The minimum absolute atomic E-state index is 0.251. The van der Waals surface area contributed by atoms with Crippen molar-refractivity contribution in [1.29, 1.82) is 0 Å².